The summed E-state index contributed by atoms with van der Waals surface area (Å²) in [4.78, 5) is 0. The highest BCUT2D eigenvalue weighted by Gasteiger charge is 2.12. The van der Waals surface area contributed by atoms with E-state index in [1.807, 2.05) is 18.2 Å². The summed E-state index contributed by atoms with van der Waals surface area (Å²) in [5.74, 6) is 6.93. The molecule has 5 nitrogen and oxygen atoms in total. The number of nitrogens with two attached hydrogens (primary N) is 1. The first kappa shape index (κ1) is 13.8. The molecule has 1 atom stereocenters. The normalized spacial score (nSPS) is 12.2. The Kier molecular flexibility index (Phi) is 5.76. The van der Waals surface area contributed by atoms with Gasteiger partial charge in [-0.3, -0.25) is 11.3 Å². The minimum Gasteiger partial charge on any atom is -0.493 e. The van der Waals surface area contributed by atoms with Crippen LogP contribution in [0.1, 0.15) is 18.0 Å². The molecule has 1 unspecified atom stereocenters. The van der Waals surface area contributed by atoms with Gasteiger partial charge in [0.05, 0.1) is 14.2 Å². The van der Waals surface area contributed by atoms with Gasteiger partial charge in [-0.25, -0.2) is 0 Å². The summed E-state index contributed by atoms with van der Waals surface area (Å²) >= 11 is 0. The summed E-state index contributed by atoms with van der Waals surface area (Å²) in [5.41, 5.74) is 3.81. The van der Waals surface area contributed by atoms with E-state index < -0.39 is 0 Å². The summed E-state index contributed by atoms with van der Waals surface area (Å²) < 4.78 is 15.5. The van der Waals surface area contributed by atoms with Crippen LogP contribution in [0.3, 0.4) is 0 Å². The molecule has 0 aliphatic heterocycles. The van der Waals surface area contributed by atoms with Crippen LogP contribution in [0.4, 0.5) is 0 Å². The Labute approximate surface area is 102 Å². The SMILES string of the molecule is COCCC(NN)c1ccc(OC)c(OC)c1. The molecule has 96 valence electrons. The van der Waals surface area contributed by atoms with Gasteiger partial charge in [0.1, 0.15) is 0 Å². The largest absolute Gasteiger partial charge is 0.493 e. The van der Waals surface area contributed by atoms with E-state index in [9.17, 15) is 0 Å². The number of benzene rings is 1. The summed E-state index contributed by atoms with van der Waals surface area (Å²) in [6.07, 6.45) is 0.794. The topological polar surface area (TPSA) is 65.7 Å². The van der Waals surface area contributed by atoms with E-state index in [-0.39, 0.29) is 6.04 Å². The Balaban J connectivity index is 2.88. The fourth-order valence-corrected chi connectivity index (χ4v) is 1.65. The van der Waals surface area contributed by atoms with Crippen molar-refractivity contribution in [2.45, 2.75) is 12.5 Å². The molecule has 5 heteroatoms. The quantitative estimate of drug-likeness (QED) is 0.554. The predicted octanol–water partition coefficient (Wildman–Crippen LogP) is 1.24. The maximum atomic E-state index is 5.53. The van der Waals surface area contributed by atoms with Crippen molar-refractivity contribution in [1.82, 2.24) is 5.43 Å². The van der Waals surface area contributed by atoms with Crippen LogP contribution in [0.2, 0.25) is 0 Å². The molecule has 0 aromatic heterocycles. The third kappa shape index (κ3) is 3.59. The highest BCUT2D eigenvalue weighted by Crippen LogP contribution is 2.30. The van der Waals surface area contributed by atoms with Gasteiger partial charge in [-0.2, -0.15) is 0 Å². The Bertz CT molecular complexity index is 345. The molecule has 0 fully saturated rings. The zero-order chi connectivity index (χ0) is 12.7. The minimum atomic E-state index is 0.0368. The second kappa shape index (κ2) is 7.11. The van der Waals surface area contributed by atoms with Crippen molar-refractivity contribution in [3.8, 4) is 11.5 Å². The Morgan fingerprint density at radius 3 is 2.41 bits per heavy atom. The molecular formula is C12H20N2O3. The summed E-state index contributed by atoms with van der Waals surface area (Å²) in [5, 5.41) is 0. The zero-order valence-electron chi connectivity index (χ0n) is 10.5. The highest BCUT2D eigenvalue weighted by atomic mass is 16.5. The van der Waals surface area contributed by atoms with Crippen LogP contribution in [0.15, 0.2) is 18.2 Å². The van der Waals surface area contributed by atoms with Crippen LogP contribution in [0, 0.1) is 0 Å². The van der Waals surface area contributed by atoms with Crippen molar-refractivity contribution in [3.63, 3.8) is 0 Å². The van der Waals surface area contributed by atoms with Crippen molar-refractivity contribution >= 4 is 0 Å². The molecule has 17 heavy (non-hydrogen) atoms. The maximum Gasteiger partial charge on any atom is 0.161 e. The van der Waals surface area contributed by atoms with E-state index >= 15 is 0 Å². The average Bonchev–Trinajstić information content (AvgIpc) is 2.39. The standard InChI is InChI=1S/C12H20N2O3/c1-15-7-6-10(14-13)9-4-5-11(16-2)12(8-9)17-3/h4-5,8,10,14H,6-7,13H2,1-3H3. The molecule has 1 rings (SSSR count). The molecule has 0 amide bonds. The third-order valence-electron chi connectivity index (χ3n) is 2.62. The minimum absolute atomic E-state index is 0.0368. The number of methoxy groups -OCH3 is 3. The Hall–Kier alpha value is -1.30. The van der Waals surface area contributed by atoms with E-state index in [0.29, 0.717) is 18.1 Å². The van der Waals surface area contributed by atoms with Crippen molar-refractivity contribution in [3.05, 3.63) is 23.8 Å². The van der Waals surface area contributed by atoms with Gasteiger partial charge in [0, 0.05) is 19.8 Å². The lowest BCUT2D eigenvalue weighted by Crippen LogP contribution is -2.28. The monoisotopic (exact) mass is 240 g/mol. The lowest BCUT2D eigenvalue weighted by Gasteiger charge is -2.17. The van der Waals surface area contributed by atoms with Gasteiger partial charge in [0.25, 0.3) is 0 Å². The molecule has 0 saturated heterocycles. The molecule has 0 saturated carbocycles. The molecule has 0 aliphatic rings. The molecule has 1 aromatic rings. The van der Waals surface area contributed by atoms with Gasteiger partial charge in [0.2, 0.25) is 0 Å². The van der Waals surface area contributed by atoms with Crippen molar-refractivity contribution in [2.75, 3.05) is 27.9 Å². The number of hydrogen-bond acceptors (Lipinski definition) is 5. The van der Waals surface area contributed by atoms with Crippen LogP contribution in [-0.4, -0.2) is 27.9 Å². The first-order chi connectivity index (χ1) is 8.26. The highest BCUT2D eigenvalue weighted by molar-refractivity contribution is 5.43. The molecule has 0 bridgehead atoms. The first-order valence-corrected chi connectivity index (χ1v) is 5.43. The number of nitrogens with one attached hydrogen (secondary N) is 1. The van der Waals surface area contributed by atoms with Crippen LogP contribution >= 0.6 is 0 Å². The van der Waals surface area contributed by atoms with Gasteiger partial charge in [0.15, 0.2) is 11.5 Å². The zero-order valence-corrected chi connectivity index (χ0v) is 10.5. The van der Waals surface area contributed by atoms with Crippen LogP contribution in [0.25, 0.3) is 0 Å². The van der Waals surface area contributed by atoms with Crippen LogP contribution < -0.4 is 20.7 Å². The maximum absolute atomic E-state index is 5.53. The molecule has 0 aliphatic carbocycles. The summed E-state index contributed by atoms with van der Waals surface area (Å²) in [7, 11) is 4.89. The lowest BCUT2D eigenvalue weighted by atomic mass is 10.0. The van der Waals surface area contributed by atoms with Crippen molar-refractivity contribution < 1.29 is 14.2 Å². The van der Waals surface area contributed by atoms with Gasteiger partial charge < -0.3 is 14.2 Å². The lowest BCUT2D eigenvalue weighted by molar-refractivity contribution is 0.183. The van der Waals surface area contributed by atoms with E-state index in [1.165, 1.54) is 0 Å². The van der Waals surface area contributed by atoms with Crippen molar-refractivity contribution in [2.24, 2.45) is 5.84 Å². The molecule has 0 heterocycles. The summed E-state index contributed by atoms with van der Waals surface area (Å²) in [6.45, 7) is 0.642. The van der Waals surface area contributed by atoms with Crippen LogP contribution in [0.5, 0.6) is 11.5 Å². The van der Waals surface area contributed by atoms with E-state index in [4.69, 9.17) is 20.1 Å². The fourth-order valence-electron chi connectivity index (χ4n) is 1.65. The van der Waals surface area contributed by atoms with Gasteiger partial charge >= 0.3 is 0 Å². The Morgan fingerprint density at radius 2 is 1.88 bits per heavy atom. The number of rotatable bonds is 7. The van der Waals surface area contributed by atoms with Crippen LogP contribution in [-0.2, 0) is 4.74 Å². The number of hydrazine groups is 1. The summed E-state index contributed by atoms with van der Waals surface area (Å²) in [6, 6.07) is 5.78. The van der Waals surface area contributed by atoms with Gasteiger partial charge in [-0.1, -0.05) is 6.07 Å². The molecule has 1 aromatic carbocycles. The van der Waals surface area contributed by atoms with Gasteiger partial charge in [-0.05, 0) is 24.1 Å². The van der Waals surface area contributed by atoms with E-state index in [2.05, 4.69) is 5.43 Å². The van der Waals surface area contributed by atoms with Crippen molar-refractivity contribution in [1.29, 1.82) is 0 Å². The fraction of sp³-hybridized carbons (Fsp3) is 0.500. The second-order valence-electron chi connectivity index (χ2n) is 3.62. The Morgan fingerprint density at radius 1 is 1.18 bits per heavy atom. The molecule has 0 radical (unpaired) electrons. The van der Waals surface area contributed by atoms with E-state index in [0.717, 1.165) is 12.0 Å². The third-order valence-corrected chi connectivity index (χ3v) is 2.62. The number of ether oxygens (including phenoxy) is 3. The van der Waals surface area contributed by atoms with E-state index in [1.54, 1.807) is 21.3 Å². The molecular weight excluding hydrogens is 220 g/mol. The predicted molar refractivity (Wildman–Crippen MR) is 66.1 cm³/mol. The average molecular weight is 240 g/mol. The molecule has 3 N–H and O–H groups in total. The first-order valence-electron chi connectivity index (χ1n) is 5.43. The molecule has 0 spiro atoms. The van der Waals surface area contributed by atoms with Gasteiger partial charge in [-0.15, -0.1) is 0 Å². The smallest absolute Gasteiger partial charge is 0.161 e. The second-order valence-corrected chi connectivity index (χ2v) is 3.62. The number of hydrogen-bond donors (Lipinski definition) is 2.